The van der Waals surface area contributed by atoms with Gasteiger partial charge in [0.15, 0.2) is 0 Å². The van der Waals surface area contributed by atoms with Gasteiger partial charge in [0.1, 0.15) is 11.5 Å². The highest BCUT2D eigenvalue weighted by molar-refractivity contribution is 5.92. The van der Waals surface area contributed by atoms with Gasteiger partial charge in [0.25, 0.3) is 5.91 Å². The molecule has 7 nitrogen and oxygen atoms in total. The monoisotopic (exact) mass is 393 g/mol. The molecular formula is C21H20FN5O2. The smallest absolute Gasteiger partial charge is 0.270 e. The van der Waals surface area contributed by atoms with Gasteiger partial charge in [-0.2, -0.15) is 0 Å². The van der Waals surface area contributed by atoms with E-state index in [9.17, 15) is 14.0 Å². The van der Waals surface area contributed by atoms with Gasteiger partial charge in [-0.15, -0.1) is 0 Å². The van der Waals surface area contributed by atoms with Gasteiger partial charge in [-0.05, 0) is 55.0 Å². The predicted molar refractivity (Wildman–Crippen MR) is 108 cm³/mol. The second-order valence-electron chi connectivity index (χ2n) is 6.41. The molecular weight excluding hydrogens is 373 g/mol. The fraction of sp³-hybridized carbons (Fsp3) is 0.143. The Morgan fingerprint density at radius 1 is 0.966 bits per heavy atom. The number of halogens is 1. The van der Waals surface area contributed by atoms with Crippen LogP contribution in [-0.4, -0.2) is 21.8 Å². The standard InChI is InChI=1S/C21H20FN5O2/c1-13-11-19(20(29)23-12-15-3-5-16(22)6-4-15)27-21(24-13)26-18-9-7-17(8-10-18)25-14(2)28/h3-11H,12H2,1-2H3,(H,23,29)(H,25,28)(H,24,26,27). The molecule has 0 unspecified atom stereocenters. The van der Waals surface area contributed by atoms with Gasteiger partial charge in [0.05, 0.1) is 0 Å². The summed E-state index contributed by atoms with van der Waals surface area (Å²) in [6.07, 6.45) is 0. The van der Waals surface area contributed by atoms with Crippen LogP contribution in [0.4, 0.5) is 21.7 Å². The summed E-state index contributed by atoms with van der Waals surface area (Å²) in [5, 5.41) is 8.49. The van der Waals surface area contributed by atoms with Crippen molar-refractivity contribution < 1.29 is 14.0 Å². The Balaban J connectivity index is 1.67. The van der Waals surface area contributed by atoms with Crippen LogP contribution in [0.5, 0.6) is 0 Å². The van der Waals surface area contributed by atoms with Crippen LogP contribution in [0.15, 0.2) is 54.6 Å². The number of hydrogen-bond donors (Lipinski definition) is 3. The lowest BCUT2D eigenvalue weighted by Gasteiger charge is -2.10. The van der Waals surface area contributed by atoms with Crippen molar-refractivity contribution >= 4 is 29.1 Å². The highest BCUT2D eigenvalue weighted by Crippen LogP contribution is 2.17. The normalized spacial score (nSPS) is 10.3. The Hall–Kier alpha value is -3.81. The van der Waals surface area contributed by atoms with E-state index in [4.69, 9.17) is 0 Å². The molecule has 0 aliphatic rings. The molecule has 3 aromatic rings. The van der Waals surface area contributed by atoms with Crippen LogP contribution in [0.2, 0.25) is 0 Å². The zero-order chi connectivity index (χ0) is 20.8. The van der Waals surface area contributed by atoms with Crippen LogP contribution >= 0.6 is 0 Å². The fourth-order valence-electron chi connectivity index (χ4n) is 2.59. The number of carbonyl (C=O) groups is 2. The van der Waals surface area contributed by atoms with E-state index < -0.39 is 0 Å². The molecule has 0 radical (unpaired) electrons. The number of carbonyl (C=O) groups excluding carboxylic acids is 2. The number of aromatic nitrogens is 2. The van der Waals surface area contributed by atoms with Gasteiger partial charge in [0.2, 0.25) is 11.9 Å². The maximum Gasteiger partial charge on any atom is 0.270 e. The quantitative estimate of drug-likeness (QED) is 0.595. The number of rotatable bonds is 6. The number of hydrogen-bond acceptors (Lipinski definition) is 5. The van der Waals surface area contributed by atoms with E-state index in [0.717, 1.165) is 5.56 Å². The van der Waals surface area contributed by atoms with E-state index >= 15 is 0 Å². The van der Waals surface area contributed by atoms with Gasteiger partial charge in [-0.25, -0.2) is 14.4 Å². The molecule has 2 amide bonds. The molecule has 0 saturated carbocycles. The highest BCUT2D eigenvalue weighted by Gasteiger charge is 2.11. The largest absolute Gasteiger partial charge is 0.347 e. The summed E-state index contributed by atoms with van der Waals surface area (Å²) >= 11 is 0. The SMILES string of the molecule is CC(=O)Nc1ccc(Nc2nc(C)cc(C(=O)NCc3ccc(F)cc3)n2)cc1. The first-order valence-electron chi connectivity index (χ1n) is 8.92. The molecule has 0 bridgehead atoms. The van der Waals surface area contributed by atoms with Crippen molar-refractivity contribution in [2.45, 2.75) is 20.4 Å². The van der Waals surface area contributed by atoms with E-state index in [2.05, 4.69) is 25.9 Å². The molecule has 0 fully saturated rings. The van der Waals surface area contributed by atoms with E-state index in [1.807, 2.05) is 0 Å². The minimum atomic E-state index is -0.358. The molecule has 0 atom stereocenters. The topological polar surface area (TPSA) is 96.0 Å². The second kappa shape index (κ2) is 8.92. The predicted octanol–water partition coefficient (Wildman–Crippen LogP) is 3.56. The summed E-state index contributed by atoms with van der Waals surface area (Å²) in [6, 6.07) is 14.5. The summed E-state index contributed by atoms with van der Waals surface area (Å²) < 4.78 is 13.0. The number of benzene rings is 2. The Morgan fingerprint density at radius 2 is 1.62 bits per heavy atom. The molecule has 148 valence electrons. The Bertz CT molecular complexity index is 1020. The Labute approximate surface area is 167 Å². The fourth-order valence-corrected chi connectivity index (χ4v) is 2.59. The molecule has 2 aromatic carbocycles. The number of amides is 2. The Morgan fingerprint density at radius 3 is 2.28 bits per heavy atom. The van der Waals surface area contributed by atoms with Crippen molar-refractivity contribution in [1.29, 1.82) is 0 Å². The second-order valence-corrected chi connectivity index (χ2v) is 6.41. The molecule has 3 N–H and O–H groups in total. The Kier molecular flexibility index (Phi) is 6.13. The van der Waals surface area contributed by atoms with Crippen molar-refractivity contribution in [3.05, 3.63) is 77.4 Å². The van der Waals surface area contributed by atoms with Gasteiger partial charge in [-0.1, -0.05) is 12.1 Å². The zero-order valence-corrected chi connectivity index (χ0v) is 16.0. The maximum absolute atomic E-state index is 13.0. The third-order valence-electron chi connectivity index (χ3n) is 3.91. The number of aryl methyl sites for hydroxylation is 1. The average Bonchev–Trinajstić information content (AvgIpc) is 2.68. The molecule has 8 heteroatoms. The summed E-state index contributed by atoms with van der Waals surface area (Å²) in [6.45, 7) is 3.47. The van der Waals surface area contributed by atoms with Crippen LogP contribution < -0.4 is 16.0 Å². The van der Waals surface area contributed by atoms with Crippen molar-refractivity contribution in [1.82, 2.24) is 15.3 Å². The van der Waals surface area contributed by atoms with Crippen LogP contribution in [-0.2, 0) is 11.3 Å². The van der Waals surface area contributed by atoms with Gasteiger partial charge in [0, 0.05) is 30.5 Å². The first-order valence-corrected chi connectivity index (χ1v) is 8.92. The van der Waals surface area contributed by atoms with Gasteiger partial charge < -0.3 is 16.0 Å². The van der Waals surface area contributed by atoms with Crippen molar-refractivity contribution in [3.63, 3.8) is 0 Å². The molecule has 0 saturated heterocycles. The summed E-state index contributed by atoms with van der Waals surface area (Å²) in [5.41, 5.74) is 3.01. The minimum absolute atomic E-state index is 0.149. The lowest BCUT2D eigenvalue weighted by Crippen LogP contribution is -2.24. The molecule has 1 heterocycles. The number of nitrogens with one attached hydrogen (secondary N) is 3. The third kappa shape index (κ3) is 5.83. The van der Waals surface area contributed by atoms with Crippen molar-refractivity contribution in [2.75, 3.05) is 10.6 Å². The summed E-state index contributed by atoms with van der Waals surface area (Å²) in [5.74, 6) is -0.551. The number of nitrogens with zero attached hydrogens (tertiary/aromatic N) is 2. The van der Waals surface area contributed by atoms with E-state index in [1.165, 1.54) is 19.1 Å². The highest BCUT2D eigenvalue weighted by atomic mass is 19.1. The third-order valence-corrected chi connectivity index (χ3v) is 3.91. The molecule has 3 rings (SSSR count). The van der Waals surface area contributed by atoms with Crippen LogP contribution in [0.1, 0.15) is 28.7 Å². The van der Waals surface area contributed by atoms with Gasteiger partial charge in [-0.3, -0.25) is 9.59 Å². The van der Waals surface area contributed by atoms with Crippen LogP contribution in [0.25, 0.3) is 0 Å². The average molecular weight is 393 g/mol. The van der Waals surface area contributed by atoms with Gasteiger partial charge >= 0.3 is 0 Å². The molecule has 0 aliphatic carbocycles. The van der Waals surface area contributed by atoms with Crippen LogP contribution in [0, 0.1) is 12.7 Å². The maximum atomic E-state index is 13.0. The molecule has 1 aromatic heterocycles. The molecule has 0 aliphatic heterocycles. The van der Waals surface area contributed by atoms with Crippen molar-refractivity contribution in [3.8, 4) is 0 Å². The van der Waals surface area contributed by atoms with E-state index in [0.29, 0.717) is 17.1 Å². The summed E-state index contributed by atoms with van der Waals surface area (Å²) in [4.78, 5) is 32.1. The van der Waals surface area contributed by atoms with E-state index in [1.54, 1.807) is 49.4 Å². The minimum Gasteiger partial charge on any atom is -0.347 e. The lowest BCUT2D eigenvalue weighted by atomic mass is 10.2. The number of anilines is 3. The zero-order valence-electron chi connectivity index (χ0n) is 16.0. The molecule has 29 heavy (non-hydrogen) atoms. The first-order chi connectivity index (χ1) is 13.9. The first kappa shape index (κ1) is 19.9. The lowest BCUT2D eigenvalue weighted by molar-refractivity contribution is -0.114. The summed E-state index contributed by atoms with van der Waals surface area (Å²) in [7, 11) is 0. The van der Waals surface area contributed by atoms with Crippen LogP contribution in [0.3, 0.4) is 0 Å². The van der Waals surface area contributed by atoms with E-state index in [-0.39, 0.29) is 35.8 Å². The molecule has 0 spiro atoms. The van der Waals surface area contributed by atoms with Crippen molar-refractivity contribution in [2.24, 2.45) is 0 Å².